The van der Waals surface area contributed by atoms with Crippen LogP contribution in [0.15, 0.2) is 22.7 Å². The smallest absolute Gasteiger partial charge is 0.375 e. The molecule has 0 saturated carbocycles. The number of hydrogen-bond acceptors (Lipinski definition) is 3. The Morgan fingerprint density at radius 3 is 2.68 bits per heavy atom. The molecule has 0 spiro atoms. The monoisotopic (exact) mass is 323 g/mol. The van der Waals surface area contributed by atoms with Gasteiger partial charge >= 0.3 is 5.97 Å². The molecule has 0 radical (unpaired) electrons. The molecule has 0 aliphatic heterocycles. The summed E-state index contributed by atoms with van der Waals surface area (Å²) in [7, 11) is 0. The number of aromatic carboxylic acids is 1. The summed E-state index contributed by atoms with van der Waals surface area (Å²) in [4.78, 5) is 15.1. The lowest BCUT2D eigenvalue weighted by Crippen LogP contribution is -2.06. The van der Waals surface area contributed by atoms with Gasteiger partial charge in [-0.25, -0.2) is 14.5 Å². The number of carboxylic acids is 1. The van der Waals surface area contributed by atoms with Gasteiger partial charge in [-0.1, -0.05) is 19.9 Å². The maximum Gasteiger partial charge on any atom is 0.375 e. The Bertz CT molecular complexity index is 635. The van der Waals surface area contributed by atoms with Crippen LogP contribution in [0, 0.1) is 6.92 Å². The second-order valence-corrected chi connectivity index (χ2v) is 5.47. The van der Waals surface area contributed by atoms with Crippen LogP contribution in [0.25, 0.3) is 5.69 Å². The van der Waals surface area contributed by atoms with E-state index in [1.54, 1.807) is 4.68 Å². The molecule has 100 valence electrons. The molecule has 2 aromatic rings. The topological polar surface area (TPSA) is 68.0 Å². The van der Waals surface area contributed by atoms with Crippen molar-refractivity contribution in [2.24, 2.45) is 0 Å². The molecule has 2 rings (SSSR count). The zero-order chi connectivity index (χ0) is 14.2. The molecule has 6 heteroatoms. The summed E-state index contributed by atoms with van der Waals surface area (Å²) in [5.74, 6) is -0.599. The first-order chi connectivity index (χ1) is 8.90. The van der Waals surface area contributed by atoms with E-state index >= 15 is 0 Å². The first kappa shape index (κ1) is 13.7. The molecule has 1 heterocycles. The molecule has 0 unspecified atom stereocenters. The Morgan fingerprint density at radius 2 is 2.11 bits per heavy atom. The van der Waals surface area contributed by atoms with Gasteiger partial charge in [0, 0.05) is 10.4 Å². The Balaban J connectivity index is 2.66. The van der Waals surface area contributed by atoms with Gasteiger partial charge in [-0.15, -0.1) is 5.10 Å². The van der Waals surface area contributed by atoms with Crippen molar-refractivity contribution in [2.45, 2.75) is 26.7 Å². The summed E-state index contributed by atoms with van der Waals surface area (Å²) in [6, 6.07) is 5.82. The fourth-order valence-corrected chi connectivity index (χ4v) is 2.17. The number of aryl methyl sites for hydroxylation is 1. The maximum absolute atomic E-state index is 11.0. The van der Waals surface area contributed by atoms with E-state index in [0.29, 0.717) is 5.82 Å². The van der Waals surface area contributed by atoms with Crippen molar-refractivity contribution >= 4 is 21.9 Å². The van der Waals surface area contributed by atoms with Crippen LogP contribution in [-0.2, 0) is 0 Å². The number of carboxylic acid groups (broad SMARTS) is 1. The fraction of sp³-hybridized carbons (Fsp3) is 0.308. The molecule has 5 nitrogen and oxygen atoms in total. The van der Waals surface area contributed by atoms with Crippen LogP contribution in [0.4, 0.5) is 0 Å². The van der Waals surface area contributed by atoms with Crippen LogP contribution in [0.5, 0.6) is 0 Å². The highest BCUT2D eigenvalue weighted by atomic mass is 79.9. The number of carbonyl (C=O) groups is 1. The third-order valence-electron chi connectivity index (χ3n) is 2.67. The molecule has 1 aromatic heterocycles. The van der Waals surface area contributed by atoms with Crippen molar-refractivity contribution in [2.75, 3.05) is 0 Å². The average Bonchev–Trinajstić information content (AvgIpc) is 2.77. The number of hydrogen-bond donors (Lipinski definition) is 1. The van der Waals surface area contributed by atoms with Crippen molar-refractivity contribution in [3.63, 3.8) is 0 Å². The van der Waals surface area contributed by atoms with Gasteiger partial charge in [-0.3, -0.25) is 0 Å². The minimum Gasteiger partial charge on any atom is -0.475 e. The van der Waals surface area contributed by atoms with Crippen molar-refractivity contribution in [3.05, 3.63) is 39.9 Å². The van der Waals surface area contributed by atoms with Crippen LogP contribution in [0.3, 0.4) is 0 Å². The number of rotatable bonds is 3. The molecular formula is C13H14BrN3O2. The molecule has 0 saturated heterocycles. The molecule has 19 heavy (non-hydrogen) atoms. The van der Waals surface area contributed by atoms with Gasteiger partial charge in [0.1, 0.15) is 5.82 Å². The maximum atomic E-state index is 11.0. The van der Waals surface area contributed by atoms with E-state index in [-0.39, 0.29) is 11.7 Å². The van der Waals surface area contributed by atoms with Gasteiger partial charge in [0.25, 0.3) is 5.82 Å². The lowest BCUT2D eigenvalue weighted by molar-refractivity contribution is 0.0683. The Kier molecular flexibility index (Phi) is 3.71. The SMILES string of the molecule is Cc1ccc(Br)c(-n2nc(C(=O)O)nc2C(C)C)c1. The summed E-state index contributed by atoms with van der Waals surface area (Å²) < 4.78 is 2.44. The largest absolute Gasteiger partial charge is 0.475 e. The Morgan fingerprint density at radius 1 is 1.42 bits per heavy atom. The number of aromatic nitrogens is 3. The van der Waals surface area contributed by atoms with Crippen LogP contribution in [-0.4, -0.2) is 25.8 Å². The van der Waals surface area contributed by atoms with Crippen molar-refractivity contribution < 1.29 is 9.90 Å². The Hall–Kier alpha value is -1.69. The molecule has 1 N–H and O–H groups in total. The molecule has 0 atom stereocenters. The minimum atomic E-state index is -1.12. The van der Waals surface area contributed by atoms with Crippen LogP contribution in [0.2, 0.25) is 0 Å². The highest BCUT2D eigenvalue weighted by Crippen LogP contribution is 2.25. The zero-order valence-corrected chi connectivity index (χ0v) is 12.5. The van der Waals surface area contributed by atoms with Crippen molar-refractivity contribution in [3.8, 4) is 5.69 Å². The van der Waals surface area contributed by atoms with Crippen molar-refractivity contribution in [1.82, 2.24) is 14.8 Å². The van der Waals surface area contributed by atoms with E-state index < -0.39 is 5.97 Å². The predicted molar refractivity (Wildman–Crippen MR) is 74.8 cm³/mol. The average molecular weight is 324 g/mol. The van der Waals surface area contributed by atoms with E-state index in [1.807, 2.05) is 39.0 Å². The molecular weight excluding hydrogens is 310 g/mol. The quantitative estimate of drug-likeness (QED) is 0.942. The van der Waals surface area contributed by atoms with Gasteiger partial charge in [0.15, 0.2) is 0 Å². The van der Waals surface area contributed by atoms with Gasteiger partial charge in [0.05, 0.1) is 5.69 Å². The third kappa shape index (κ3) is 2.68. The second kappa shape index (κ2) is 5.13. The molecule has 0 amide bonds. The molecule has 0 aliphatic carbocycles. The van der Waals surface area contributed by atoms with Gasteiger partial charge in [0.2, 0.25) is 0 Å². The standard InChI is InChI=1S/C13H14BrN3O2/c1-7(2)12-15-11(13(18)19)16-17(12)10-6-8(3)4-5-9(10)14/h4-7H,1-3H3,(H,18,19). The van der Waals surface area contributed by atoms with E-state index in [4.69, 9.17) is 5.11 Å². The van der Waals surface area contributed by atoms with Gasteiger partial charge in [-0.2, -0.15) is 0 Å². The third-order valence-corrected chi connectivity index (χ3v) is 3.34. The first-order valence-electron chi connectivity index (χ1n) is 5.87. The fourth-order valence-electron chi connectivity index (χ4n) is 1.75. The summed E-state index contributed by atoms with van der Waals surface area (Å²) in [5, 5.41) is 13.1. The molecule has 1 aromatic carbocycles. The summed E-state index contributed by atoms with van der Waals surface area (Å²) in [5.41, 5.74) is 1.86. The van der Waals surface area contributed by atoms with E-state index in [9.17, 15) is 4.79 Å². The van der Waals surface area contributed by atoms with E-state index in [2.05, 4.69) is 26.0 Å². The van der Waals surface area contributed by atoms with Gasteiger partial charge < -0.3 is 5.11 Å². The highest BCUT2D eigenvalue weighted by molar-refractivity contribution is 9.10. The second-order valence-electron chi connectivity index (χ2n) is 4.62. The molecule has 0 fully saturated rings. The molecule has 0 bridgehead atoms. The summed E-state index contributed by atoms with van der Waals surface area (Å²) in [6.45, 7) is 5.88. The Labute approximate surface area is 119 Å². The number of halogens is 1. The lowest BCUT2D eigenvalue weighted by Gasteiger charge is -2.10. The lowest BCUT2D eigenvalue weighted by atomic mass is 10.2. The van der Waals surface area contributed by atoms with Crippen LogP contribution in [0.1, 0.15) is 41.8 Å². The van der Waals surface area contributed by atoms with E-state index in [0.717, 1.165) is 15.7 Å². The van der Waals surface area contributed by atoms with Crippen molar-refractivity contribution in [1.29, 1.82) is 0 Å². The first-order valence-corrected chi connectivity index (χ1v) is 6.66. The number of nitrogens with zero attached hydrogens (tertiary/aromatic N) is 3. The van der Waals surface area contributed by atoms with E-state index in [1.165, 1.54) is 0 Å². The predicted octanol–water partition coefficient (Wildman–Crippen LogP) is 3.16. The van der Waals surface area contributed by atoms with Crippen LogP contribution >= 0.6 is 15.9 Å². The summed E-state index contributed by atoms with van der Waals surface area (Å²) in [6.07, 6.45) is 0. The van der Waals surface area contributed by atoms with Crippen LogP contribution < -0.4 is 0 Å². The minimum absolute atomic E-state index is 0.0769. The summed E-state index contributed by atoms with van der Waals surface area (Å²) >= 11 is 3.46. The normalized spacial score (nSPS) is 11.0. The highest BCUT2D eigenvalue weighted by Gasteiger charge is 2.19. The van der Waals surface area contributed by atoms with Gasteiger partial charge in [-0.05, 0) is 40.5 Å². The zero-order valence-electron chi connectivity index (χ0n) is 10.9. The molecule has 0 aliphatic rings. The number of benzene rings is 1.